The Hall–Kier alpha value is -1.52. The molecule has 2 aliphatic rings. The third-order valence-corrected chi connectivity index (χ3v) is 4.25. The molecule has 2 aliphatic heterocycles. The number of carbonyl (C=O) groups is 2. The van der Waals surface area contributed by atoms with E-state index in [1.807, 2.05) is 31.7 Å². The highest BCUT2D eigenvalue weighted by molar-refractivity contribution is 5.71. The van der Waals surface area contributed by atoms with E-state index < -0.39 is 5.60 Å². The van der Waals surface area contributed by atoms with Gasteiger partial charge in [0, 0.05) is 12.1 Å². The lowest BCUT2D eigenvalue weighted by molar-refractivity contribution is -0.139. The smallest absolute Gasteiger partial charge is 0.410 e. The number of amides is 1. The van der Waals surface area contributed by atoms with Crippen LogP contribution >= 0.6 is 0 Å². The van der Waals surface area contributed by atoms with Gasteiger partial charge in [-0.25, -0.2) is 4.79 Å². The monoisotopic (exact) mass is 309 g/mol. The lowest BCUT2D eigenvalue weighted by atomic mass is 9.81. The second kappa shape index (κ2) is 6.71. The maximum Gasteiger partial charge on any atom is 0.410 e. The van der Waals surface area contributed by atoms with E-state index in [1.165, 1.54) is 12.7 Å². The molecule has 0 aliphatic carbocycles. The molecule has 1 amide bonds. The van der Waals surface area contributed by atoms with Crippen molar-refractivity contribution in [3.63, 3.8) is 0 Å². The van der Waals surface area contributed by atoms with Crippen LogP contribution in [0.2, 0.25) is 0 Å². The molecule has 0 aromatic rings. The first kappa shape index (κ1) is 16.8. The summed E-state index contributed by atoms with van der Waals surface area (Å²) in [5.74, 6) is -0.216. The fourth-order valence-electron chi connectivity index (χ4n) is 3.35. The number of ether oxygens (including phenoxy) is 2. The maximum absolute atomic E-state index is 12.5. The van der Waals surface area contributed by atoms with Crippen molar-refractivity contribution >= 4 is 12.1 Å². The van der Waals surface area contributed by atoms with Gasteiger partial charge in [0.15, 0.2) is 0 Å². The number of nitrogens with zero attached hydrogens (tertiary/aromatic N) is 1. The van der Waals surface area contributed by atoms with Crippen molar-refractivity contribution in [1.82, 2.24) is 4.90 Å². The van der Waals surface area contributed by atoms with E-state index in [2.05, 4.69) is 4.74 Å². The Labute approximate surface area is 132 Å². The highest BCUT2D eigenvalue weighted by atomic mass is 16.6. The topological polar surface area (TPSA) is 55.8 Å². The Kier molecular flexibility index (Phi) is 5.14. The molecule has 2 atom stereocenters. The molecule has 0 aromatic carbocycles. The minimum absolute atomic E-state index is 0.200. The van der Waals surface area contributed by atoms with Gasteiger partial charge in [0.2, 0.25) is 0 Å². The van der Waals surface area contributed by atoms with Gasteiger partial charge < -0.3 is 14.4 Å². The van der Waals surface area contributed by atoms with Gasteiger partial charge in [-0.1, -0.05) is 11.6 Å². The summed E-state index contributed by atoms with van der Waals surface area (Å²) in [5, 5.41) is 0. The van der Waals surface area contributed by atoms with E-state index in [-0.39, 0.29) is 24.1 Å². The zero-order valence-corrected chi connectivity index (χ0v) is 14.1. The van der Waals surface area contributed by atoms with Crippen molar-refractivity contribution in [1.29, 1.82) is 0 Å². The number of rotatable bonds is 2. The van der Waals surface area contributed by atoms with Crippen LogP contribution in [-0.2, 0) is 14.3 Å². The zero-order valence-electron chi connectivity index (χ0n) is 14.1. The van der Waals surface area contributed by atoms with Crippen molar-refractivity contribution in [2.75, 3.05) is 7.11 Å². The average molecular weight is 309 g/mol. The van der Waals surface area contributed by atoms with Crippen molar-refractivity contribution in [3.8, 4) is 0 Å². The lowest BCUT2D eigenvalue weighted by Crippen LogP contribution is -2.54. The van der Waals surface area contributed by atoms with Crippen LogP contribution < -0.4 is 0 Å². The van der Waals surface area contributed by atoms with Gasteiger partial charge >= 0.3 is 12.1 Å². The van der Waals surface area contributed by atoms with Gasteiger partial charge in [0.05, 0.1) is 13.5 Å². The summed E-state index contributed by atoms with van der Waals surface area (Å²) >= 11 is 0. The first-order chi connectivity index (χ1) is 10.3. The first-order valence-corrected chi connectivity index (χ1v) is 8.06. The normalized spacial score (nSPS) is 24.7. The Bertz CT molecular complexity index is 448. The van der Waals surface area contributed by atoms with Crippen LogP contribution in [0.5, 0.6) is 0 Å². The fourth-order valence-corrected chi connectivity index (χ4v) is 3.35. The molecule has 2 rings (SSSR count). The van der Waals surface area contributed by atoms with E-state index in [9.17, 15) is 9.59 Å². The second-order valence-corrected chi connectivity index (χ2v) is 7.18. The minimum atomic E-state index is -0.466. The van der Waals surface area contributed by atoms with Crippen LogP contribution in [0.25, 0.3) is 0 Å². The Balaban J connectivity index is 2.05. The number of fused-ring (bicyclic) bond motifs is 2. The quantitative estimate of drug-likeness (QED) is 0.579. The number of piperidine rings is 2. The van der Waals surface area contributed by atoms with Crippen LogP contribution in [0.4, 0.5) is 4.79 Å². The van der Waals surface area contributed by atoms with Crippen LogP contribution in [0.15, 0.2) is 11.6 Å². The van der Waals surface area contributed by atoms with Crippen molar-refractivity contribution in [3.05, 3.63) is 11.6 Å². The lowest BCUT2D eigenvalue weighted by Gasteiger charge is -2.47. The van der Waals surface area contributed by atoms with Gasteiger partial charge in [-0.05, 0) is 52.9 Å². The molecule has 5 nitrogen and oxygen atoms in total. The molecular weight excluding hydrogens is 282 g/mol. The first-order valence-electron chi connectivity index (χ1n) is 8.06. The fraction of sp³-hybridized carbons (Fsp3) is 0.765. The molecule has 0 N–H and O–H groups in total. The number of carbonyl (C=O) groups excluding carboxylic acids is 2. The predicted octanol–water partition coefficient (Wildman–Crippen LogP) is 3.43. The summed E-state index contributed by atoms with van der Waals surface area (Å²) in [6.45, 7) is 5.69. The zero-order chi connectivity index (χ0) is 16.3. The van der Waals surface area contributed by atoms with Crippen molar-refractivity contribution in [2.24, 2.45) is 0 Å². The molecule has 2 fully saturated rings. The van der Waals surface area contributed by atoms with Gasteiger partial charge in [0.1, 0.15) is 5.60 Å². The van der Waals surface area contributed by atoms with E-state index in [4.69, 9.17) is 4.74 Å². The molecule has 0 saturated carbocycles. The van der Waals surface area contributed by atoms with E-state index in [0.29, 0.717) is 6.42 Å². The summed E-state index contributed by atoms with van der Waals surface area (Å²) in [5.41, 5.74) is 0.798. The van der Waals surface area contributed by atoms with Gasteiger partial charge in [0.25, 0.3) is 0 Å². The number of hydrogen-bond donors (Lipinski definition) is 0. The Morgan fingerprint density at radius 1 is 1.23 bits per heavy atom. The summed E-state index contributed by atoms with van der Waals surface area (Å²) in [4.78, 5) is 25.7. The molecule has 2 bridgehead atoms. The molecule has 124 valence electrons. The molecule has 5 heteroatoms. The van der Waals surface area contributed by atoms with E-state index in [0.717, 1.165) is 32.1 Å². The molecule has 0 radical (unpaired) electrons. The predicted molar refractivity (Wildman–Crippen MR) is 83.5 cm³/mol. The summed E-state index contributed by atoms with van der Waals surface area (Å²) in [6, 6.07) is 0.400. The second-order valence-electron chi connectivity index (χ2n) is 7.18. The standard InChI is InChI=1S/C17H27NO4/c1-17(2,3)22-16(20)18-13-6-5-7-14(18)11-12(10-13)8-9-15(19)21-4/h8,13-14H,5-7,9-11H2,1-4H3. The molecule has 0 spiro atoms. The molecule has 0 aromatic heterocycles. The highest BCUT2D eigenvalue weighted by Crippen LogP contribution is 2.37. The number of esters is 1. The summed E-state index contributed by atoms with van der Waals surface area (Å²) in [7, 11) is 1.40. The average Bonchev–Trinajstić information content (AvgIpc) is 2.41. The third-order valence-electron chi connectivity index (χ3n) is 4.25. The SMILES string of the molecule is COC(=O)CC=C1CC2CCCC(C1)N2C(=O)OC(C)(C)C. The van der Waals surface area contributed by atoms with Gasteiger partial charge in [-0.15, -0.1) is 0 Å². The van der Waals surface area contributed by atoms with Crippen molar-refractivity contribution in [2.45, 2.75) is 77.0 Å². The molecule has 2 heterocycles. The summed E-state index contributed by atoms with van der Waals surface area (Å²) < 4.78 is 10.2. The molecule has 22 heavy (non-hydrogen) atoms. The summed E-state index contributed by atoms with van der Waals surface area (Å²) in [6.07, 6.45) is 6.94. The van der Waals surface area contributed by atoms with Gasteiger partial charge in [-0.2, -0.15) is 0 Å². The van der Waals surface area contributed by atoms with Crippen molar-refractivity contribution < 1.29 is 19.1 Å². The van der Waals surface area contributed by atoms with E-state index in [1.54, 1.807) is 0 Å². The van der Waals surface area contributed by atoms with Crippen LogP contribution in [0, 0.1) is 0 Å². The Morgan fingerprint density at radius 2 is 1.82 bits per heavy atom. The molecule has 2 unspecified atom stereocenters. The third kappa shape index (κ3) is 4.24. The molecule has 2 saturated heterocycles. The van der Waals surface area contributed by atoms with Crippen LogP contribution in [0.3, 0.4) is 0 Å². The minimum Gasteiger partial charge on any atom is -0.469 e. The number of hydrogen-bond acceptors (Lipinski definition) is 4. The van der Waals surface area contributed by atoms with Crippen LogP contribution in [0.1, 0.15) is 59.3 Å². The van der Waals surface area contributed by atoms with Gasteiger partial charge in [-0.3, -0.25) is 4.79 Å². The number of methoxy groups -OCH3 is 1. The molecular formula is C17H27NO4. The maximum atomic E-state index is 12.5. The van der Waals surface area contributed by atoms with E-state index >= 15 is 0 Å². The largest absolute Gasteiger partial charge is 0.469 e. The van der Waals surface area contributed by atoms with Crippen LogP contribution in [-0.4, -0.2) is 41.8 Å². The highest BCUT2D eigenvalue weighted by Gasteiger charge is 2.40. The Morgan fingerprint density at radius 3 is 2.32 bits per heavy atom.